The zero-order chi connectivity index (χ0) is 10.8. The predicted molar refractivity (Wildman–Crippen MR) is 66.8 cm³/mol. The van der Waals surface area contributed by atoms with Crippen LogP contribution in [0.3, 0.4) is 0 Å². The first-order valence-electron chi connectivity index (χ1n) is 4.93. The Hall–Kier alpha value is -1.52. The van der Waals surface area contributed by atoms with E-state index in [-0.39, 0.29) is 0 Å². The van der Waals surface area contributed by atoms with Crippen molar-refractivity contribution in [3.63, 3.8) is 0 Å². The van der Waals surface area contributed by atoms with E-state index in [9.17, 15) is 0 Å². The Kier molecular flexibility index (Phi) is 2.52. The van der Waals surface area contributed by atoms with Crippen LogP contribution in [0, 0.1) is 0 Å². The molecule has 0 radical (unpaired) electrons. The van der Waals surface area contributed by atoms with E-state index in [0.717, 1.165) is 16.7 Å². The van der Waals surface area contributed by atoms with Gasteiger partial charge in [-0.3, -0.25) is 0 Å². The number of para-hydroxylation sites is 1. The molecule has 0 fully saturated rings. The lowest BCUT2D eigenvalue weighted by atomic mass is 10.2. The molecule has 0 saturated carbocycles. The van der Waals surface area contributed by atoms with Gasteiger partial charge in [0.15, 0.2) is 0 Å². The van der Waals surface area contributed by atoms with Crippen LogP contribution in [0.4, 0.5) is 5.69 Å². The van der Waals surface area contributed by atoms with Gasteiger partial charge in [-0.05, 0) is 6.07 Å². The van der Waals surface area contributed by atoms with E-state index in [1.807, 2.05) is 24.3 Å². The molecule has 1 aromatic rings. The van der Waals surface area contributed by atoms with Gasteiger partial charge in [-0.2, -0.15) is 4.37 Å². The Balaban J connectivity index is 2.13. The summed E-state index contributed by atoms with van der Waals surface area (Å²) in [4.78, 5) is 4.60. The van der Waals surface area contributed by atoms with Gasteiger partial charge in [0.25, 0.3) is 0 Å². The van der Waals surface area contributed by atoms with Crippen LogP contribution >= 0.6 is 20.9 Å². The van der Waals surface area contributed by atoms with E-state index >= 15 is 0 Å². The largest absolute Gasteiger partial charge is 0.205 e. The quantitative estimate of drug-likeness (QED) is 0.648. The molecule has 0 spiro atoms. The Labute approximate surface area is 100 Å². The molecule has 0 amide bonds. The summed E-state index contributed by atoms with van der Waals surface area (Å²) in [6.07, 6.45) is 0. The van der Waals surface area contributed by atoms with Crippen LogP contribution in [0.2, 0.25) is 0 Å². The SMILES string of the molecule is c1ccc([NH+]=c2ccc3nssc-3c2)cc1. The third-order valence-corrected chi connectivity index (χ3v) is 4.12. The zero-order valence-corrected chi connectivity index (χ0v) is 10.0. The van der Waals surface area contributed by atoms with Gasteiger partial charge in [0, 0.05) is 34.8 Å². The van der Waals surface area contributed by atoms with Crippen molar-refractivity contribution in [1.82, 2.24) is 4.37 Å². The van der Waals surface area contributed by atoms with Gasteiger partial charge >= 0.3 is 0 Å². The zero-order valence-electron chi connectivity index (χ0n) is 8.38. The lowest BCUT2D eigenvalue weighted by Crippen LogP contribution is -2.70. The minimum Gasteiger partial charge on any atom is -0.205 e. The second-order valence-corrected chi connectivity index (χ2v) is 5.31. The highest BCUT2D eigenvalue weighted by Gasteiger charge is 2.05. The van der Waals surface area contributed by atoms with Crippen LogP contribution in [0.25, 0.3) is 10.6 Å². The van der Waals surface area contributed by atoms with Crippen LogP contribution in [0.1, 0.15) is 0 Å². The number of rotatable bonds is 1. The fourth-order valence-electron chi connectivity index (χ4n) is 1.52. The molecule has 1 aliphatic carbocycles. The molecule has 1 aliphatic heterocycles. The summed E-state index contributed by atoms with van der Waals surface area (Å²) in [7, 11) is 3.23. The first kappa shape index (κ1) is 9.69. The number of benzene rings is 2. The molecule has 1 aromatic carbocycles. The number of hydrogen-bond acceptors (Lipinski definition) is 3. The van der Waals surface area contributed by atoms with Crippen LogP contribution in [0.5, 0.6) is 0 Å². The third-order valence-electron chi connectivity index (χ3n) is 2.28. The highest BCUT2D eigenvalue weighted by Crippen LogP contribution is 2.25. The summed E-state index contributed by atoms with van der Waals surface area (Å²) in [5.41, 5.74) is 2.18. The van der Waals surface area contributed by atoms with Crippen molar-refractivity contribution in [3.05, 3.63) is 53.9 Å². The maximum Gasteiger partial charge on any atom is 0.205 e. The maximum atomic E-state index is 4.30. The van der Waals surface area contributed by atoms with Crippen molar-refractivity contribution in [2.75, 3.05) is 0 Å². The normalized spacial score (nSPS) is 12.1. The predicted octanol–water partition coefficient (Wildman–Crippen LogP) is 1.62. The van der Waals surface area contributed by atoms with Gasteiger partial charge in [-0.1, -0.05) is 28.5 Å². The second kappa shape index (κ2) is 4.15. The minimum atomic E-state index is 1.08. The van der Waals surface area contributed by atoms with E-state index in [0.29, 0.717) is 0 Å². The summed E-state index contributed by atoms with van der Waals surface area (Å²) >= 11 is 0. The summed E-state index contributed by atoms with van der Waals surface area (Å²) in [6, 6.07) is 16.4. The van der Waals surface area contributed by atoms with Crippen LogP contribution in [0.15, 0.2) is 48.5 Å². The molecule has 0 aromatic heterocycles. The standard InChI is InChI=1S/C12H8N2S2/c1-2-4-9(5-3-1)13-10-6-7-11-12(8-10)15-16-14-11/h1-8H/p+1. The van der Waals surface area contributed by atoms with Gasteiger partial charge in [0.05, 0.1) is 10.6 Å². The molecule has 2 aliphatic rings. The second-order valence-electron chi connectivity index (χ2n) is 3.42. The maximum absolute atomic E-state index is 4.30. The van der Waals surface area contributed by atoms with E-state index in [2.05, 4.69) is 33.6 Å². The van der Waals surface area contributed by atoms with Crippen LogP contribution in [-0.2, 0) is 0 Å². The van der Waals surface area contributed by atoms with Crippen molar-refractivity contribution in [2.45, 2.75) is 0 Å². The Morgan fingerprint density at radius 1 is 1.00 bits per heavy atom. The Morgan fingerprint density at radius 3 is 2.75 bits per heavy atom. The molecule has 0 atom stereocenters. The number of aromatic nitrogens is 1. The highest BCUT2D eigenvalue weighted by molar-refractivity contribution is 7.68. The molecule has 1 heterocycles. The first-order valence-corrected chi connectivity index (χ1v) is 7.03. The molecular formula is C12H9N2S2+. The third kappa shape index (κ3) is 1.89. The average Bonchev–Trinajstić information content (AvgIpc) is 2.77. The summed E-state index contributed by atoms with van der Waals surface area (Å²) in [6.45, 7) is 0. The lowest BCUT2D eigenvalue weighted by Gasteiger charge is -1.90. The number of nitrogens with one attached hydrogen (secondary N) is 1. The fourth-order valence-corrected chi connectivity index (χ4v) is 3.30. The van der Waals surface area contributed by atoms with Crippen molar-refractivity contribution in [3.8, 4) is 10.6 Å². The highest BCUT2D eigenvalue weighted by atomic mass is 32.9. The Morgan fingerprint density at radius 2 is 1.88 bits per heavy atom. The molecule has 3 rings (SSSR count). The molecule has 4 heteroatoms. The fraction of sp³-hybridized carbons (Fsp3) is 0. The number of fused-ring (bicyclic) bond motifs is 1. The number of nitrogens with zero attached hydrogens (tertiary/aromatic N) is 1. The summed E-state index contributed by atoms with van der Waals surface area (Å²) in [5, 5.41) is 1.11. The molecule has 1 N–H and O–H groups in total. The average molecular weight is 245 g/mol. The van der Waals surface area contributed by atoms with E-state index in [4.69, 9.17) is 0 Å². The van der Waals surface area contributed by atoms with Gasteiger partial charge in [-0.25, -0.2) is 4.99 Å². The first-order chi connectivity index (χ1) is 7.92. The molecule has 0 saturated heterocycles. The number of hydrogen-bond donors (Lipinski definition) is 1. The van der Waals surface area contributed by atoms with E-state index in [1.165, 1.54) is 15.4 Å². The van der Waals surface area contributed by atoms with Crippen molar-refractivity contribution >= 4 is 26.6 Å². The van der Waals surface area contributed by atoms with Gasteiger partial charge in [-0.15, -0.1) is 0 Å². The lowest BCUT2D eigenvalue weighted by molar-refractivity contribution is -0.402. The molecule has 0 unspecified atom stereocenters. The summed E-state index contributed by atoms with van der Waals surface area (Å²) < 4.78 is 4.30. The molecule has 2 nitrogen and oxygen atoms in total. The van der Waals surface area contributed by atoms with Crippen LogP contribution < -0.4 is 10.3 Å². The molecule has 78 valence electrons. The van der Waals surface area contributed by atoms with Crippen molar-refractivity contribution < 1.29 is 4.99 Å². The molecule has 0 bridgehead atoms. The van der Waals surface area contributed by atoms with Gasteiger partial charge < -0.3 is 0 Å². The molecular weight excluding hydrogens is 236 g/mol. The van der Waals surface area contributed by atoms with E-state index < -0.39 is 0 Å². The van der Waals surface area contributed by atoms with Gasteiger partial charge in [0.2, 0.25) is 11.0 Å². The van der Waals surface area contributed by atoms with Crippen molar-refractivity contribution in [2.24, 2.45) is 0 Å². The van der Waals surface area contributed by atoms with Crippen molar-refractivity contribution in [1.29, 1.82) is 0 Å². The van der Waals surface area contributed by atoms with Gasteiger partial charge in [0.1, 0.15) is 0 Å². The Bertz CT molecular complexity index is 625. The monoisotopic (exact) mass is 245 g/mol. The topological polar surface area (TPSA) is 26.9 Å². The van der Waals surface area contributed by atoms with Crippen LogP contribution in [-0.4, -0.2) is 4.37 Å². The summed E-state index contributed by atoms with van der Waals surface area (Å²) in [5.74, 6) is 0. The smallest absolute Gasteiger partial charge is 0.205 e. The minimum absolute atomic E-state index is 1.08. The van der Waals surface area contributed by atoms with E-state index in [1.54, 1.807) is 10.3 Å². The molecule has 16 heavy (non-hydrogen) atoms.